The van der Waals surface area contributed by atoms with Crippen LogP contribution in [0, 0.1) is 56.7 Å². The largest absolute Gasteiger partial charge is 0.462 e. The molecule has 0 aliphatic heterocycles. The van der Waals surface area contributed by atoms with E-state index >= 15 is 0 Å². The lowest BCUT2D eigenvalue weighted by Crippen LogP contribution is -2.70. The molecule has 5 fully saturated rings. The van der Waals surface area contributed by atoms with Crippen LogP contribution in [0.15, 0.2) is 0 Å². The Morgan fingerprint density at radius 3 is 2.11 bits per heavy atom. The minimum absolute atomic E-state index is 0.00105. The molecule has 0 saturated heterocycles. The number of fused-ring (bicyclic) bond motifs is 7. The predicted molar refractivity (Wildman–Crippen MR) is 142 cm³/mol. The summed E-state index contributed by atoms with van der Waals surface area (Å²) in [5.74, 6) is 2.76. The quantitative estimate of drug-likeness (QED) is 0.405. The van der Waals surface area contributed by atoms with Gasteiger partial charge in [-0.3, -0.25) is 4.79 Å². The summed E-state index contributed by atoms with van der Waals surface area (Å²) in [6.45, 7) is 21.1. The second kappa shape index (κ2) is 7.73. The van der Waals surface area contributed by atoms with Crippen molar-refractivity contribution in [3.05, 3.63) is 0 Å². The molecule has 0 spiro atoms. The van der Waals surface area contributed by atoms with Gasteiger partial charge in [0.2, 0.25) is 0 Å². The minimum Gasteiger partial charge on any atom is -0.462 e. The molecule has 1 N–H and O–H groups in total. The molecule has 5 saturated carbocycles. The monoisotopic (exact) mass is 486 g/mol. The Bertz CT molecular complexity index is 871. The molecule has 0 aromatic heterocycles. The van der Waals surface area contributed by atoms with Gasteiger partial charge < -0.3 is 9.84 Å². The highest BCUT2D eigenvalue weighted by molar-refractivity contribution is 5.66. The van der Waals surface area contributed by atoms with Crippen molar-refractivity contribution in [1.82, 2.24) is 0 Å². The van der Waals surface area contributed by atoms with Crippen LogP contribution in [0.1, 0.15) is 127 Å². The van der Waals surface area contributed by atoms with Gasteiger partial charge in [-0.15, -0.1) is 0 Å². The molecule has 0 bridgehead atoms. The van der Waals surface area contributed by atoms with E-state index in [2.05, 4.69) is 41.5 Å². The summed E-state index contributed by atoms with van der Waals surface area (Å²) in [4.78, 5) is 12.5. The van der Waals surface area contributed by atoms with Crippen LogP contribution in [0.25, 0.3) is 0 Å². The van der Waals surface area contributed by atoms with Crippen LogP contribution in [0.2, 0.25) is 0 Å². The van der Waals surface area contributed by atoms with E-state index in [1.165, 1.54) is 51.4 Å². The fourth-order valence-electron chi connectivity index (χ4n) is 12.4. The normalized spacial score (nSPS) is 53.1. The molecule has 10 atom stereocenters. The highest BCUT2D eigenvalue weighted by atomic mass is 16.5. The summed E-state index contributed by atoms with van der Waals surface area (Å²) < 4.78 is 6.41. The zero-order valence-electron chi connectivity index (χ0n) is 24.3. The van der Waals surface area contributed by atoms with Crippen molar-refractivity contribution < 1.29 is 14.6 Å². The Hall–Kier alpha value is -0.570. The smallest absolute Gasteiger partial charge is 0.302 e. The Morgan fingerprint density at radius 2 is 1.49 bits per heavy atom. The molecule has 5 aliphatic rings. The van der Waals surface area contributed by atoms with Crippen LogP contribution < -0.4 is 0 Å². The second-order valence-electron chi connectivity index (χ2n) is 16.1. The molecule has 0 aromatic rings. The van der Waals surface area contributed by atoms with Crippen molar-refractivity contribution in [2.45, 2.75) is 138 Å². The van der Waals surface area contributed by atoms with Crippen LogP contribution in [-0.2, 0) is 9.53 Å². The minimum atomic E-state index is -0.600. The van der Waals surface area contributed by atoms with Crippen molar-refractivity contribution in [3.63, 3.8) is 0 Å². The number of hydrogen-bond acceptors (Lipinski definition) is 3. The van der Waals surface area contributed by atoms with Gasteiger partial charge in [0.15, 0.2) is 0 Å². The van der Waals surface area contributed by atoms with Crippen molar-refractivity contribution in [2.24, 2.45) is 56.7 Å². The molecule has 0 heterocycles. The summed E-state index contributed by atoms with van der Waals surface area (Å²) in [6, 6.07) is 0. The van der Waals surface area contributed by atoms with E-state index in [9.17, 15) is 9.90 Å². The van der Waals surface area contributed by atoms with Crippen LogP contribution >= 0.6 is 0 Å². The Morgan fingerprint density at radius 1 is 0.829 bits per heavy atom. The number of aliphatic hydroxyl groups is 1. The fourth-order valence-corrected chi connectivity index (χ4v) is 12.4. The van der Waals surface area contributed by atoms with E-state index in [0.717, 1.165) is 12.8 Å². The van der Waals surface area contributed by atoms with Gasteiger partial charge in [0.25, 0.3) is 0 Å². The molecule has 0 amide bonds. The van der Waals surface area contributed by atoms with E-state index in [1.807, 2.05) is 13.8 Å². The molecule has 5 aliphatic carbocycles. The van der Waals surface area contributed by atoms with Crippen LogP contribution in [0.5, 0.6) is 0 Å². The maximum Gasteiger partial charge on any atom is 0.302 e. The molecule has 3 heteroatoms. The lowest BCUT2D eigenvalue weighted by molar-refractivity contribution is -0.283. The third kappa shape index (κ3) is 3.34. The number of esters is 1. The van der Waals surface area contributed by atoms with Crippen LogP contribution in [0.3, 0.4) is 0 Å². The Balaban J connectivity index is 1.60. The highest BCUT2D eigenvalue weighted by Gasteiger charge is 2.73. The lowest BCUT2D eigenvalue weighted by atomic mass is 9.31. The van der Waals surface area contributed by atoms with E-state index in [0.29, 0.717) is 40.4 Å². The fraction of sp³-hybridized carbons (Fsp3) is 0.969. The third-order valence-corrected chi connectivity index (χ3v) is 14.0. The summed E-state index contributed by atoms with van der Waals surface area (Å²) >= 11 is 0. The maximum atomic E-state index is 12.5. The molecule has 5 rings (SSSR count). The zero-order valence-corrected chi connectivity index (χ0v) is 24.3. The molecule has 3 nitrogen and oxygen atoms in total. The van der Waals surface area contributed by atoms with Crippen molar-refractivity contribution in [3.8, 4) is 0 Å². The zero-order chi connectivity index (χ0) is 25.8. The number of hydrogen-bond donors (Lipinski definition) is 1. The molecule has 35 heavy (non-hydrogen) atoms. The summed E-state index contributed by atoms with van der Waals surface area (Å²) in [6.07, 6.45) is 12.4. The molecule has 0 aromatic carbocycles. The number of carbonyl (C=O) groups is 1. The lowest BCUT2D eigenvalue weighted by Gasteiger charge is -2.74. The van der Waals surface area contributed by atoms with Gasteiger partial charge in [0.05, 0.1) is 5.60 Å². The van der Waals surface area contributed by atoms with Crippen molar-refractivity contribution >= 4 is 5.97 Å². The summed E-state index contributed by atoms with van der Waals surface area (Å²) in [5, 5.41) is 11.1. The average Bonchev–Trinajstić information content (AvgIpc) is 3.07. The molecular formula is C32H54O3. The van der Waals surface area contributed by atoms with Crippen molar-refractivity contribution in [1.29, 1.82) is 0 Å². The number of rotatable bonds is 2. The topological polar surface area (TPSA) is 46.5 Å². The van der Waals surface area contributed by atoms with Gasteiger partial charge in [-0.2, -0.15) is 0 Å². The molecule has 200 valence electrons. The summed E-state index contributed by atoms with van der Waals surface area (Å²) in [7, 11) is 0. The predicted octanol–water partition coefficient (Wildman–Crippen LogP) is 7.79. The van der Waals surface area contributed by atoms with E-state index in [4.69, 9.17) is 4.74 Å². The van der Waals surface area contributed by atoms with Gasteiger partial charge >= 0.3 is 5.97 Å². The maximum absolute atomic E-state index is 12.5. The first-order valence-electron chi connectivity index (χ1n) is 14.9. The van der Waals surface area contributed by atoms with Gasteiger partial charge in [0.1, 0.15) is 6.10 Å². The van der Waals surface area contributed by atoms with E-state index < -0.39 is 5.60 Å². The molecular weight excluding hydrogens is 432 g/mol. The Labute approximate surface area is 215 Å². The van der Waals surface area contributed by atoms with Crippen LogP contribution in [-0.4, -0.2) is 22.8 Å². The third-order valence-electron chi connectivity index (χ3n) is 14.0. The van der Waals surface area contributed by atoms with Gasteiger partial charge in [-0.1, -0.05) is 48.0 Å². The number of ether oxygens (including phenoxy) is 1. The second-order valence-corrected chi connectivity index (χ2v) is 16.1. The van der Waals surface area contributed by atoms with E-state index in [-0.39, 0.29) is 28.3 Å². The van der Waals surface area contributed by atoms with Crippen molar-refractivity contribution in [2.75, 3.05) is 0 Å². The highest BCUT2D eigenvalue weighted by Crippen LogP contribution is 2.78. The Kier molecular flexibility index (Phi) is 5.76. The number of carbonyl (C=O) groups excluding carboxylic acids is 1. The van der Waals surface area contributed by atoms with E-state index in [1.54, 1.807) is 6.92 Å². The van der Waals surface area contributed by atoms with Gasteiger partial charge in [0, 0.05) is 12.3 Å². The van der Waals surface area contributed by atoms with Crippen LogP contribution in [0.4, 0.5) is 0 Å². The van der Waals surface area contributed by atoms with Gasteiger partial charge in [-0.25, -0.2) is 0 Å². The summed E-state index contributed by atoms with van der Waals surface area (Å²) in [5.41, 5.74) is 0.461. The molecule has 0 unspecified atom stereocenters. The first kappa shape index (κ1) is 26.1. The molecule has 0 radical (unpaired) electrons. The average molecular weight is 487 g/mol. The first-order chi connectivity index (χ1) is 16.0. The van der Waals surface area contributed by atoms with Gasteiger partial charge in [-0.05, 0) is 123 Å². The first-order valence-corrected chi connectivity index (χ1v) is 14.9. The SMILES string of the molecule is CC(=O)O[C@H]1C[C@H]2C(C)(C)CCC[C@]2(C)[C@H]2CC[C@@H]3[C@@]4(C)CC[C@@H](C(C)(C)O)[C@@H]4CC[C@@]3(C)[C@]12C. The standard InChI is InChI=1S/C32H54O3/c1-20(33)35-26-19-25-27(2,3)15-10-16-30(25,7)24-12-11-23-29(6)17-13-21(28(4,5)34)22(29)14-18-31(23,8)32(24,26)9/h21-26,34H,10-19H2,1-9H3/t21-,22+,23-,24-,25+,26+,29+,30-,31-,32+/m1/s1.